The average Bonchev–Trinajstić information content (AvgIpc) is 2.26. The summed E-state index contributed by atoms with van der Waals surface area (Å²) < 4.78 is 60.8. The first-order valence-corrected chi connectivity index (χ1v) is 11.0. The summed E-state index contributed by atoms with van der Waals surface area (Å²) in [6.07, 6.45) is -0.973. The number of likely N-dealkylation sites (tertiary alicyclic amines) is 1. The molecule has 9 nitrogen and oxygen atoms in total. The molecular weight excluding hydrogens is 362 g/mol. The van der Waals surface area contributed by atoms with Crippen molar-refractivity contribution in [1.29, 1.82) is 0 Å². The van der Waals surface area contributed by atoms with Crippen LogP contribution in [-0.4, -0.2) is 70.7 Å². The molecule has 11 heteroatoms. The molecule has 0 saturated carbocycles. The van der Waals surface area contributed by atoms with Gasteiger partial charge >= 0.3 is 6.09 Å². The van der Waals surface area contributed by atoms with Crippen LogP contribution in [0.25, 0.3) is 0 Å². The van der Waals surface area contributed by atoms with Crippen molar-refractivity contribution >= 4 is 26.3 Å². The average molecular weight is 387 g/mol. The van der Waals surface area contributed by atoms with Crippen LogP contribution in [0, 0.1) is 0 Å². The van der Waals surface area contributed by atoms with E-state index in [4.69, 9.17) is 13.1 Å². The molecule has 0 bridgehead atoms. The predicted molar refractivity (Wildman–Crippen MR) is 86.5 cm³/mol. The molecule has 0 N–H and O–H groups in total. The van der Waals surface area contributed by atoms with Gasteiger partial charge in [0.1, 0.15) is 17.8 Å². The summed E-state index contributed by atoms with van der Waals surface area (Å²) in [6, 6.07) is -0.411. The Labute approximate surface area is 143 Å². The number of rotatable bonds is 4. The lowest BCUT2D eigenvalue weighted by atomic mass is 9.99. The maximum Gasteiger partial charge on any atom is 0.410 e. The van der Waals surface area contributed by atoms with E-state index in [0.717, 1.165) is 12.5 Å². The molecule has 0 aromatic rings. The zero-order valence-electron chi connectivity index (χ0n) is 14.7. The van der Waals surface area contributed by atoms with E-state index in [-0.39, 0.29) is 13.0 Å². The first-order chi connectivity index (χ1) is 10.6. The normalized spacial score (nSPS) is 26.2. The van der Waals surface area contributed by atoms with Crippen LogP contribution < -0.4 is 0 Å². The second-order valence-electron chi connectivity index (χ2n) is 6.90. The first kappa shape index (κ1) is 21.1. The molecule has 142 valence electrons. The van der Waals surface area contributed by atoms with Crippen molar-refractivity contribution in [3.05, 3.63) is 0 Å². The van der Waals surface area contributed by atoms with Crippen LogP contribution in [0.2, 0.25) is 0 Å². The zero-order chi connectivity index (χ0) is 18.9. The van der Waals surface area contributed by atoms with Gasteiger partial charge in [-0.15, -0.1) is 0 Å². The van der Waals surface area contributed by atoms with Crippen molar-refractivity contribution in [3.8, 4) is 0 Å². The number of hydrogen-bond donors (Lipinski definition) is 0. The van der Waals surface area contributed by atoms with Crippen molar-refractivity contribution < 1.29 is 34.7 Å². The molecule has 1 heterocycles. The molecule has 1 aliphatic rings. The fourth-order valence-corrected chi connectivity index (χ4v) is 3.61. The van der Waals surface area contributed by atoms with E-state index < -0.39 is 50.2 Å². The number of piperidine rings is 1. The van der Waals surface area contributed by atoms with E-state index in [1.54, 1.807) is 27.7 Å². The zero-order valence-corrected chi connectivity index (χ0v) is 16.3. The second kappa shape index (κ2) is 7.14. The third kappa shape index (κ3) is 7.32. The highest BCUT2D eigenvalue weighted by Gasteiger charge is 2.41. The van der Waals surface area contributed by atoms with Gasteiger partial charge in [-0.25, -0.2) is 4.79 Å². The molecule has 0 radical (unpaired) electrons. The minimum atomic E-state index is -3.87. The molecule has 1 amide bonds. The van der Waals surface area contributed by atoms with Crippen molar-refractivity contribution in [2.45, 2.75) is 58.0 Å². The number of carbonyl (C=O) groups is 1. The first-order valence-electron chi connectivity index (χ1n) is 7.33. The van der Waals surface area contributed by atoms with Gasteiger partial charge in [0.2, 0.25) is 0 Å². The number of ether oxygens (including phenoxy) is 1. The molecule has 0 aromatic heterocycles. The lowest BCUT2D eigenvalue weighted by Gasteiger charge is -2.41. The largest absolute Gasteiger partial charge is 0.444 e. The summed E-state index contributed by atoms with van der Waals surface area (Å²) in [5.74, 6) is 0. The molecule has 1 fully saturated rings. The van der Waals surface area contributed by atoms with Crippen LogP contribution in [0.5, 0.6) is 0 Å². The Morgan fingerprint density at radius 1 is 1.00 bits per heavy atom. The van der Waals surface area contributed by atoms with Gasteiger partial charge in [0.25, 0.3) is 20.2 Å². The Morgan fingerprint density at radius 3 is 1.88 bits per heavy atom. The fourth-order valence-electron chi connectivity index (χ4n) is 2.32. The van der Waals surface area contributed by atoms with Crippen LogP contribution in [-0.2, 0) is 33.3 Å². The van der Waals surface area contributed by atoms with E-state index in [1.165, 1.54) is 4.90 Å². The lowest BCUT2D eigenvalue weighted by Crippen LogP contribution is -2.56. The molecule has 3 atom stereocenters. The summed E-state index contributed by atoms with van der Waals surface area (Å²) in [5.41, 5.74) is -0.718. The van der Waals surface area contributed by atoms with Gasteiger partial charge in [-0.2, -0.15) is 16.8 Å². The van der Waals surface area contributed by atoms with Gasteiger partial charge in [0, 0.05) is 6.04 Å². The Balaban J connectivity index is 3.01. The number of hydrogen-bond acceptors (Lipinski definition) is 8. The van der Waals surface area contributed by atoms with Crippen LogP contribution in [0.15, 0.2) is 0 Å². The summed E-state index contributed by atoms with van der Waals surface area (Å²) in [7, 11) is -7.68. The maximum atomic E-state index is 12.3. The highest BCUT2D eigenvalue weighted by atomic mass is 32.2. The van der Waals surface area contributed by atoms with Crippen molar-refractivity contribution in [3.63, 3.8) is 0 Å². The van der Waals surface area contributed by atoms with Crippen LogP contribution in [0.3, 0.4) is 0 Å². The van der Waals surface area contributed by atoms with Crippen LogP contribution in [0.1, 0.15) is 34.1 Å². The van der Waals surface area contributed by atoms with Gasteiger partial charge in [-0.1, -0.05) is 0 Å². The number of carbonyl (C=O) groups excluding carboxylic acids is 1. The van der Waals surface area contributed by atoms with Gasteiger partial charge < -0.3 is 9.64 Å². The van der Waals surface area contributed by atoms with E-state index in [0.29, 0.717) is 0 Å². The van der Waals surface area contributed by atoms with E-state index >= 15 is 0 Å². The molecule has 0 spiro atoms. The molecule has 24 heavy (non-hydrogen) atoms. The Bertz CT molecular complexity index is 665. The summed E-state index contributed by atoms with van der Waals surface area (Å²) >= 11 is 0. The second-order valence-corrected chi connectivity index (χ2v) is 10.1. The van der Waals surface area contributed by atoms with Crippen molar-refractivity contribution in [1.82, 2.24) is 4.90 Å². The van der Waals surface area contributed by atoms with Crippen molar-refractivity contribution in [2.24, 2.45) is 0 Å². The topological polar surface area (TPSA) is 116 Å². The summed E-state index contributed by atoms with van der Waals surface area (Å²) in [6.45, 7) is 6.65. The monoisotopic (exact) mass is 387 g/mol. The van der Waals surface area contributed by atoms with Gasteiger partial charge in [-0.3, -0.25) is 8.37 Å². The third-order valence-corrected chi connectivity index (χ3v) is 4.32. The smallest absolute Gasteiger partial charge is 0.410 e. The quantitative estimate of drug-likeness (QED) is 0.647. The van der Waals surface area contributed by atoms with Gasteiger partial charge in [-0.05, 0) is 34.1 Å². The molecule has 0 aromatic carbocycles. The molecule has 1 saturated heterocycles. The Kier molecular flexibility index (Phi) is 6.29. The predicted octanol–water partition coefficient (Wildman–Crippen LogP) is 0.705. The minimum absolute atomic E-state index is 0.0898. The third-order valence-electron chi connectivity index (χ3n) is 3.12. The molecule has 0 aliphatic carbocycles. The van der Waals surface area contributed by atoms with Crippen molar-refractivity contribution in [2.75, 3.05) is 19.1 Å². The minimum Gasteiger partial charge on any atom is -0.444 e. The van der Waals surface area contributed by atoms with Crippen LogP contribution >= 0.6 is 0 Å². The Hall–Kier alpha value is -0.910. The SMILES string of the molecule is C[C@@H]1C[C@H](OS(C)(=O)=O)[C@H](OS(C)(=O)=O)CN1C(=O)OC(C)(C)C. The molecule has 1 aliphatic heterocycles. The van der Waals surface area contributed by atoms with Crippen LogP contribution in [0.4, 0.5) is 4.79 Å². The standard InChI is InChI=1S/C13H25NO8S2/c1-9-7-10(21-23(5,16)17)11(22-24(6,18)19)8-14(9)12(15)20-13(2,3)4/h9-11H,7-8H2,1-6H3/t9-,10+,11-/m1/s1. The Morgan fingerprint density at radius 2 is 1.46 bits per heavy atom. The van der Waals surface area contributed by atoms with E-state index in [2.05, 4.69) is 0 Å². The maximum absolute atomic E-state index is 12.3. The van der Waals surface area contributed by atoms with E-state index in [9.17, 15) is 21.6 Å². The van der Waals surface area contributed by atoms with E-state index in [1.807, 2.05) is 0 Å². The highest BCUT2D eigenvalue weighted by molar-refractivity contribution is 7.86. The summed E-state index contributed by atoms with van der Waals surface area (Å²) in [4.78, 5) is 13.6. The van der Waals surface area contributed by atoms with Gasteiger partial charge in [0.15, 0.2) is 0 Å². The molecule has 0 unspecified atom stereocenters. The number of amides is 1. The highest BCUT2D eigenvalue weighted by Crippen LogP contribution is 2.26. The summed E-state index contributed by atoms with van der Waals surface area (Å²) in [5, 5.41) is 0. The molecular formula is C13H25NO8S2. The fraction of sp³-hybridized carbons (Fsp3) is 0.923. The lowest BCUT2D eigenvalue weighted by molar-refractivity contribution is -0.0411. The molecule has 1 rings (SSSR count). The number of nitrogens with zero attached hydrogens (tertiary/aromatic N) is 1. The van der Waals surface area contributed by atoms with Gasteiger partial charge in [0.05, 0.1) is 19.1 Å².